The van der Waals surface area contributed by atoms with Gasteiger partial charge in [-0.25, -0.2) is 0 Å². The number of rotatable bonds is 4. The van der Waals surface area contributed by atoms with Crippen LogP contribution in [0.25, 0.3) is 0 Å². The molecular weight excluding hydrogens is 180 g/mol. The Morgan fingerprint density at radius 3 is 2.64 bits per heavy atom. The predicted molar refractivity (Wildman–Crippen MR) is 54.8 cm³/mol. The second-order valence-electron chi connectivity index (χ2n) is 3.27. The summed E-state index contributed by atoms with van der Waals surface area (Å²) in [6, 6.07) is 3.30. The summed E-state index contributed by atoms with van der Waals surface area (Å²) in [6.45, 7) is 2.10. The molecule has 0 aliphatic rings. The van der Waals surface area contributed by atoms with Crippen molar-refractivity contribution in [3.63, 3.8) is 0 Å². The van der Waals surface area contributed by atoms with Gasteiger partial charge in [-0.05, 0) is 37.0 Å². The minimum absolute atomic E-state index is 0.170. The molecular formula is C11H16O3. The van der Waals surface area contributed by atoms with Crippen LogP contribution in [-0.4, -0.2) is 23.9 Å². The molecule has 1 rings (SSSR count). The highest BCUT2D eigenvalue weighted by Crippen LogP contribution is 2.28. The van der Waals surface area contributed by atoms with E-state index in [1.807, 2.05) is 6.92 Å². The topological polar surface area (TPSA) is 49.7 Å². The van der Waals surface area contributed by atoms with Crippen molar-refractivity contribution in [2.24, 2.45) is 0 Å². The van der Waals surface area contributed by atoms with Crippen molar-refractivity contribution in [3.8, 4) is 11.5 Å². The van der Waals surface area contributed by atoms with Crippen LogP contribution in [0, 0.1) is 6.92 Å². The molecule has 0 aromatic heterocycles. The first-order valence-corrected chi connectivity index (χ1v) is 4.66. The Balaban J connectivity index is 2.99. The van der Waals surface area contributed by atoms with Gasteiger partial charge in [-0.15, -0.1) is 0 Å². The Labute approximate surface area is 84.0 Å². The van der Waals surface area contributed by atoms with E-state index in [9.17, 15) is 5.11 Å². The SMILES string of the molecule is COc1cc(O)cc(C)c1CCCO. The van der Waals surface area contributed by atoms with Gasteiger partial charge < -0.3 is 14.9 Å². The van der Waals surface area contributed by atoms with Crippen LogP contribution in [0.5, 0.6) is 11.5 Å². The van der Waals surface area contributed by atoms with Crippen LogP contribution >= 0.6 is 0 Å². The molecule has 0 saturated carbocycles. The smallest absolute Gasteiger partial charge is 0.125 e. The molecule has 0 spiro atoms. The van der Waals surface area contributed by atoms with Gasteiger partial charge in [0.05, 0.1) is 7.11 Å². The van der Waals surface area contributed by atoms with Crippen molar-refractivity contribution in [3.05, 3.63) is 23.3 Å². The van der Waals surface area contributed by atoms with Crippen molar-refractivity contribution in [1.29, 1.82) is 0 Å². The molecule has 0 aliphatic heterocycles. The minimum Gasteiger partial charge on any atom is -0.508 e. The van der Waals surface area contributed by atoms with Gasteiger partial charge in [0.15, 0.2) is 0 Å². The summed E-state index contributed by atoms with van der Waals surface area (Å²) in [5, 5.41) is 18.1. The zero-order chi connectivity index (χ0) is 10.6. The highest BCUT2D eigenvalue weighted by atomic mass is 16.5. The van der Waals surface area contributed by atoms with Crippen LogP contribution in [0.1, 0.15) is 17.5 Å². The average Bonchev–Trinajstić information content (AvgIpc) is 2.15. The third-order valence-corrected chi connectivity index (χ3v) is 2.22. The molecule has 3 nitrogen and oxygen atoms in total. The van der Waals surface area contributed by atoms with E-state index in [0.717, 1.165) is 17.5 Å². The van der Waals surface area contributed by atoms with E-state index in [4.69, 9.17) is 9.84 Å². The Bertz CT molecular complexity index is 308. The quantitative estimate of drug-likeness (QED) is 0.769. The summed E-state index contributed by atoms with van der Waals surface area (Å²) in [5.41, 5.74) is 2.05. The number of aliphatic hydroxyl groups is 1. The van der Waals surface area contributed by atoms with Crippen LogP contribution in [0.4, 0.5) is 0 Å². The van der Waals surface area contributed by atoms with Gasteiger partial charge in [-0.2, -0.15) is 0 Å². The maximum absolute atomic E-state index is 9.35. The van der Waals surface area contributed by atoms with E-state index in [1.165, 1.54) is 0 Å². The summed E-state index contributed by atoms with van der Waals surface area (Å²) in [5.74, 6) is 0.906. The van der Waals surface area contributed by atoms with Crippen LogP contribution < -0.4 is 4.74 Å². The number of phenols is 1. The number of ether oxygens (including phenoxy) is 1. The van der Waals surface area contributed by atoms with Gasteiger partial charge in [-0.3, -0.25) is 0 Å². The molecule has 0 amide bonds. The van der Waals surface area contributed by atoms with Gasteiger partial charge >= 0.3 is 0 Å². The average molecular weight is 196 g/mol. The Kier molecular flexibility index (Phi) is 3.77. The number of aryl methyl sites for hydroxylation is 1. The molecule has 1 aromatic carbocycles. The normalized spacial score (nSPS) is 10.2. The number of aliphatic hydroxyl groups excluding tert-OH is 1. The van der Waals surface area contributed by atoms with E-state index in [1.54, 1.807) is 19.2 Å². The van der Waals surface area contributed by atoms with Crippen LogP contribution in [0.2, 0.25) is 0 Å². The molecule has 1 aromatic rings. The third kappa shape index (κ3) is 2.39. The lowest BCUT2D eigenvalue weighted by Crippen LogP contribution is -1.97. The lowest BCUT2D eigenvalue weighted by Gasteiger charge is -2.11. The molecule has 14 heavy (non-hydrogen) atoms. The standard InChI is InChI=1S/C11H16O3/c1-8-6-9(13)7-11(14-2)10(8)4-3-5-12/h6-7,12-13H,3-5H2,1-2H3. The van der Waals surface area contributed by atoms with Gasteiger partial charge in [0.25, 0.3) is 0 Å². The lowest BCUT2D eigenvalue weighted by atomic mass is 10.0. The molecule has 0 heterocycles. The minimum atomic E-state index is 0.170. The molecule has 78 valence electrons. The highest BCUT2D eigenvalue weighted by molar-refractivity contribution is 5.45. The number of hydrogen-bond acceptors (Lipinski definition) is 3. The van der Waals surface area contributed by atoms with Crippen molar-refractivity contribution in [2.45, 2.75) is 19.8 Å². The number of aromatic hydroxyl groups is 1. The molecule has 3 heteroatoms. The Morgan fingerprint density at radius 2 is 2.07 bits per heavy atom. The lowest BCUT2D eigenvalue weighted by molar-refractivity contribution is 0.287. The van der Waals surface area contributed by atoms with Gasteiger partial charge in [-0.1, -0.05) is 0 Å². The zero-order valence-corrected chi connectivity index (χ0v) is 8.58. The van der Waals surface area contributed by atoms with E-state index in [0.29, 0.717) is 12.2 Å². The number of phenolic OH excluding ortho intramolecular Hbond substituents is 1. The van der Waals surface area contributed by atoms with Crippen LogP contribution in [0.15, 0.2) is 12.1 Å². The molecule has 0 saturated heterocycles. The fourth-order valence-electron chi connectivity index (χ4n) is 1.52. The largest absolute Gasteiger partial charge is 0.508 e. The van der Waals surface area contributed by atoms with Crippen molar-refractivity contribution in [1.82, 2.24) is 0 Å². The fraction of sp³-hybridized carbons (Fsp3) is 0.455. The first-order chi connectivity index (χ1) is 6.69. The summed E-state index contributed by atoms with van der Waals surface area (Å²) < 4.78 is 5.16. The van der Waals surface area contributed by atoms with Gasteiger partial charge in [0.1, 0.15) is 11.5 Å². The predicted octanol–water partition coefficient (Wildman–Crippen LogP) is 1.63. The third-order valence-electron chi connectivity index (χ3n) is 2.22. The first-order valence-electron chi connectivity index (χ1n) is 4.66. The Hall–Kier alpha value is -1.22. The van der Waals surface area contributed by atoms with E-state index in [2.05, 4.69) is 0 Å². The van der Waals surface area contributed by atoms with Crippen LogP contribution in [0.3, 0.4) is 0 Å². The second-order valence-corrected chi connectivity index (χ2v) is 3.27. The first kappa shape index (κ1) is 10.9. The maximum Gasteiger partial charge on any atom is 0.125 e. The molecule has 2 N–H and O–H groups in total. The molecule has 0 fully saturated rings. The van der Waals surface area contributed by atoms with Crippen LogP contribution in [-0.2, 0) is 6.42 Å². The molecule has 0 unspecified atom stereocenters. The fourth-order valence-corrected chi connectivity index (χ4v) is 1.52. The molecule has 0 bridgehead atoms. The van der Waals surface area contributed by atoms with Crippen molar-refractivity contribution < 1.29 is 14.9 Å². The van der Waals surface area contributed by atoms with Gasteiger partial charge in [0.2, 0.25) is 0 Å². The summed E-state index contributed by atoms with van der Waals surface area (Å²) in [4.78, 5) is 0. The summed E-state index contributed by atoms with van der Waals surface area (Å²) in [7, 11) is 1.58. The van der Waals surface area contributed by atoms with E-state index >= 15 is 0 Å². The zero-order valence-electron chi connectivity index (χ0n) is 8.58. The Morgan fingerprint density at radius 1 is 1.36 bits per heavy atom. The monoisotopic (exact) mass is 196 g/mol. The maximum atomic E-state index is 9.35. The van der Waals surface area contributed by atoms with E-state index < -0.39 is 0 Å². The van der Waals surface area contributed by atoms with Crippen molar-refractivity contribution >= 4 is 0 Å². The second kappa shape index (κ2) is 4.86. The highest BCUT2D eigenvalue weighted by Gasteiger charge is 2.07. The molecule has 0 radical (unpaired) electrons. The van der Waals surface area contributed by atoms with E-state index in [-0.39, 0.29) is 12.4 Å². The van der Waals surface area contributed by atoms with Gasteiger partial charge in [0, 0.05) is 12.7 Å². The number of benzene rings is 1. The van der Waals surface area contributed by atoms with Crippen molar-refractivity contribution in [2.75, 3.05) is 13.7 Å². The number of methoxy groups -OCH3 is 1. The number of hydrogen-bond donors (Lipinski definition) is 2. The summed E-state index contributed by atoms with van der Waals surface area (Å²) in [6.07, 6.45) is 1.48. The molecule has 0 atom stereocenters. The molecule has 0 aliphatic carbocycles. The summed E-state index contributed by atoms with van der Waals surface area (Å²) >= 11 is 0.